The summed E-state index contributed by atoms with van der Waals surface area (Å²) in [6, 6.07) is 1.61. The van der Waals surface area contributed by atoms with Crippen LogP contribution < -0.4 is 10.6 Å². The molecule has 2 rings (SSSR count). The van der Waals surface area contributed by atoms with E-state index in [1.807, 2.05) is 0 Å². The maximum absolute atomic E-state index is 3.45. The summed E-state index contributed by atoms with van der Waals surface area (Å²) in [5, 5.41) is 6.89. The molecule has 2 fully saturated rings. The third-order valence-corrected chi connectivity index (χ3v) is 2.49. The van der Waals surface area contributed by atoms with Crippen molar-refractivity contribution in [3.05, 3.63) is 0 Å². The summed E-state index contributed by atoms with van der Waals surface area (Å²) in [7, 11) is 0. The second kappa shape index (κ2) is 2.27. The van der Waals surface area contributed by atoms with Crippen LogP contribution in [0.1, 0.15) is 25.7 Å². The van der Waals surface area contributed by atoms with Gasteiger partial charge in [0.15, 0.2) is 0 Å². The zero-order valence-corrected chi connectivity index (χ0v) is 5.69. The van der Waals surface area contributed by atoms with Crippen LogP contribution in [0.2, 0.25) is 0 Å². The first-order valence-electron chi connectivity index (χ1n) is 3.93. The monoisotopic (exact) mass is 126 g/mol. The summed E-state index contributed by atoms with van der Waals surface area (Å²) in [5.41, 5.74) is 0. The van der Waals surface area contributed by atoms with Gasteiger partial charge < -0.3 is 10.6 Å². The smallest absolute Gasteiger partial charge is 0.0459 e. The summed E-state index contributed by atoms with van der Waals surface area (Å²) in [6.07, 6.45) is 5.63. The van der Waals surface area contributed by atoms with Crippen LogP contribution in [-0.2, 0) is 0 Å². The third kappa shape index (κ3) is 0.970. The lowest BCUT2D eigenvalue weighted by molar-refractivity contribution is 0.374. The van der Waals surface area contributed by atoms with Crippen molar-refractivity contribution in [2.45, 2.75) is 37.8 Å². The second-order valence-corrected chi connectivity index (χ2v) is 3.08. The van der Waals surface area contributed by atoms with Crippen molar-refractivity contribution in [1.82, 2.24) is 10.6 Å². The highest BCUT2D eigenvalue weighted by molar-refractivity contribution is 4.90. The van der Waals surface area contributed by atoms with E-state index in [2.05, 4.69) is 10.6 Å². The normalized spacial score (nSPS) is 42.7. The quantitative estimate of drug-likeness (QED) is 0.492. The number of hydrogen-bond donors (Lipinski definition) is 2. The van der Waals surface area contributed by atoms with Gasteiger partial charge in [-0.15, -0.1) is 0 Å². The molecule has 0 amide bonds. The van der Waals surface area contributed by atoms with Crippen LogP contribution in [0.25, 0.3) is 0 Å². The van der Waals surface area contributed by atoms with Gasteiger partial charge in [0.2, 0.25) is 0 Å². The molecule has 1 saturated carbocycles. The van der Waals surface area contributed by atoms with Crippen molar-refractivity contribution in [3.8, 4) is 0 Å². The molecule has 1 aliphatic heterocycles. The molecule has 0 aromatic carbocycles. The van der Waals surface area contributed by atoms with Gasteiger partial charge in [-0.25, -0.2) is 0 Å². The Morgan fingerprint density at radius 2 is 1.44 bits per heavy atom. The zero-order chi connectivity index (χ0) is 6.10. The van der Waals surface area contributed by atoms with Gasteiger partial charge in [-0.05, 0) is 12.8 Å². The average molecular weight is 126 g/mol. The van der Waals surface area contributed by atoms with E-state index in [1.165, 1.54) is 25.7 Å². The van der Waals surface area contributed by atoms with Crippen LogP contribution >= 0.6 is 0 Å². The van der Waals surface area contributed by atoms with Gasteiger partial charge >= 0.3 is 0 Å². The van der Waals surface area contributed by atoms with E-state index in [0.29, 0.717) is 0 Å². The molecule has 0 aromatic heterocycles. The van der Waals surface area contributed by atoms with E-state index in [4.69, 9.17) is 0 Å². The molecule has 0 radical (unpaired) electrons. The zero-order valence-electron chi connectivity index (χ0n) is 5.69. The molecule has 0 aromatic rings. The van der Waals surface area contributed by atoms with E-state index in [1.54, 1.807) is 0 Å². The van der Waals surface area contributed by atoms with Crippen molar-refractivity contribution in [1.29, 1.82) is 0 Å². The largest absolute Gasteiger partial charge is 0.300 e. The van der Waals surface area contributed by atoms with Gasteiger partial charge in [-0.1, -0.05) is 12.8 Å². The average Bonchev–Trinajstić information content (AvgIpc) is 2.33. The number of rotatable bonds is 0. The molecule has 2 nitrogen and oxygen atoms in total. The highest BCUT2D eigenvalue weighted by Crippen LogP contribution is 2.20. The molecular formula is C7H14N2. The van der Waals surface area contributed by atoms with E-state index in [9.17, 15) is 0 Å². The standard InChI is InChI=1S/C7H14N2/c1-2-4-7-6(3-1)8-5-9-7/h6-9H,1-5H2/t6-,7+. The molecule has 1 aliphatic carbocycles. The Balaban J connectivity index is 1.97. The number of fused-ring (bicyclic) bond motifs is 1. The van der Waals surface area contributed by atoms with Gasteiger partial charge in [0.05, 0.1) is 0 Å². The minimum Gasteiger partial charge on any atom is -0.300 e. The van der Waals surface area contributed by atoms with Crippen LogP contribution in [0.5, 0.6) is 0 Å². The first kappa shape index (κ1) is 5.69. The lowest BCUT2D eigenvalue weighted by Gasteiger charge is -2.23. The molecule has 2 heteroatoms. The Morgan fingerprint density at radius 1 is 0.889 bits per heavy atom. The predicted octanol–water partition coefficient (Wildman–Crippen LogP) is 0.448. The SMILES string of the molecule is C1CC[C@H]2NCN[C@H]2C1. The molecule has 2 N–H and O–H groups in total. The second-order valence-electron chi connectivity index (χ2n) is 3.08. The minimum absolute atomic E-state index is 0.804. The summed E-state index contributed by atoms with van der Waals surface area (Å²) in [6.45, 7) is 1.04. The van der Waals surface area contributed by atoms with Crippen molar-refractivity contribution in [3.63, 3.8) is 0 Å². The summed E-state index contributed by atoms with van der Waals surface area (Å²) in [5.74, 6) is 0. The Labute approximate surface area is 56.0 Å². The molecule has 0 spiro atoms. The molecule has 52 valence electrons. The van der Waals surface area contributed by atoms with E-state index >= 15 is 0 Å². The number of hydrogen-bond acceptors (Lipinski definition) is 2. The third-order valence-electron chi connectivity index (χ3n) is 2.49. The maximum atomic E-state index is 3.45. The first-order chi connectivity index (χ1) is 4.47. The Bertz CT molecular complexity index is 91.1. The fourth-order valence-electron chi connectivity index (χ4n) is 1.94. The highest BCUT2D eigenvalue weighted by Gasteiger charge is 2.27. The fraction of sp³-hybridized carbons (Fsp3) is 1.00. The van der Waals surface area contributed by atoms with Crippen molar-refractivity contribution >= 4 is 0 Å². The van der Waals surface area contributed by atoms with Crippen molar-refractivity contribution < 1.29 is 0 Å². The molecule has 2 aliphatic rings. The van der Waals surface area contributed by atoms with E-state index in [-0.39, 0.29) is 0 Å². The molecule has 0 bridgehead atoms. The summed E-state index contributed by atoms with van der Waals surface area (Å²) in [4.78, 5) is 0. The van der Waals surface area contributed by atoms with Crippen LogP contribution in [0.15, 0.2) is 0 Å². The first-order valence-corrected chi connectivity index (χ1v) is 3.93. The maximum Gasteiger partial charge on any atom is 0.0459 e. The minimum atomic E-state index is 0.804. The van der Waals surface area contributed by atoms with Gasteiger partial charge in [-0.3, -0.25) is 0 Å². The van der Waals surface area contributed by atoms with Gasteiger partial charge in [0.1, 0.15) is 0 Å². The van der Waals surface area contributed by atoms with Crippen molar-refractivity contribution in [2.75, 3.05) is 6.67 Å². The molecule has 1 heterocycles. The Kier molecular flexibility index (Phi) is 1.44. The topological polar surface area (TPSA) is 24.1 Å². The van der Waals surface area contributed by atoms with Crippen LogP contribution in [-0.4, -0.2) is 18.8 Å². The fourth-order valence-corrected chi connectivity index (χ4v) is 1.94. The van der Waals surface area contributed by atoms with Crippen LogP contribution in [0.4, 0.5) is 0 Å². The molecular weight excluding hydrogens is 112 g/mol. The van der Waals surface area contributed by atoms with Crippen molar-refractivity contribution in [2.24, 2.45) is 0 Å². The lowest BCUT2D eigenvalue weighted by atomic mass is 9.92. The Hall–Kier alpha value is -0.0800. The Morgan fingerprint density at radius 3 is 2.00 bits per heavy atom. The van der Waals surface area contributed by atoms with Gasteiger partial charge in [0, 0.05) is 18.8 Å². The molecule has 0 unspecified atom stereocenters. The molecule has 1 saturated heterocycles. The summed E-state index contributed by atoms with van der Waals surface area (Å²) < 4.78 is 0. The number of nitrogens with one attached hydrogen (secondary N) is 2. The van der Waals surface area contributed by atoms with Gasteiger partial charge in [0.25, 0.3) is 0 Å². The van der Waals surface area contributed by atoms with E-state index < -0.39 is 0 Å². The van der Waals surface area contributed by atoms with Crippen LogP contribution in [0.3, 0.4) is 0 Å². The lowest BCUT2D eigenvalue weighted by Crippen LogP contribution is -2.36. The van der Waals surface area contributed by atoms with Crippen LogP contribution in [0, 0.1) is 0 Å². The van der Waals surface area contributed by atoms with E-state index in [0.717, 1.165) is 18.8 Å². The highest BCUT2D eigenvalue weighted by atomic mass is 15.2. The van der Waals surface area contributed by atoms with Gasteiger partial charge in [-0.2, -0.15) is 0 Å². The summed E-state index contributed by atoms with van der Waals surface area (Å²) >= 11 is 0. The predicted molar refractivity (Wildman–Crippen MR) is 37.2 cm³/mol. The molecule has 2 atom stereocenters. The molecule has 9 heavy (non-hydrogen) atoms.